The summed E-state index contributed by atoms with van der Waals surface area (Å²) in [6.07, 6.45) is 0. The standard InChI is InChI=1S/C24H34N4O3/c1-15(28(26)21-14-19(29-7)9-10-22(21)30-8)23(25)16(2)31-20-12-17(24(3,4)5)11-18(13-20)27-6/h9-14,27H,2,25-26H2,1,3-8H3/b23-15-. The van der Waals surface area contributed by atoms with Crippen LogP contribution in [0.5, 0.6) is 17.2 Å². The molecule has 0 spiro atoms. The Morgan fingerprint density at radius 2 is 1.71 bits per heavy atom. The topological polar surface area (TPSA) is 95.0 Å². The van der Waals surface area contributed by atoms with Crippen LogP contribution < -0.4 is 36.1 Å². The number of hydrazine groups is 1. The van der Waals surface area contributed by atoms with E-state index in [4.69, 9.17) is 25.8 Å². The van der Waals surface area contributed by atoms with E-state index >= 15 is 0 Å². The number of benzene rings is 2. The van der Waals surface area contributed by atoms with Gasteiger partial charge in [0.05, 0.1) is 25.6 Å². The molecule has 0 atom stereocenters. The van der Waals surface area contributed by atoms with Crippen molar-refractivity contribution in [3.8, 4) is 17.2 Å². The summed E-state index contributed by atoms with van der Waals surface area (Å²) in [5.74, 6) is 8.51. The molecule has 31 heavy (non-hydrogen) atoms. The third kappa shape index (κ3) is 5.64. The lowest BCUT2D eigenvalue weighted by atomic mass is 9.86. The summed E-state index contributed by atoms with van der Waals surface area (Å²) in [5.41, 5.74) is 9.85. The van der Waals surface area contributed by atoms with E-state index in [-0.39, 0.29) is 5.41 Å². The van der Waals surface area contributed by atoms with Gasteiger partial charge in [0.25, 0.3) is 0 Å². The second-order valence-electron chi connectivity index (χ2n) is 8.18. The predicted molar refractivity (Wildman–Crippen MR) is 128 cm³/mol. The Bertz CT molecular complexity index is 977. The van der Waals surface area contributed by atoms with E-state index in [1.54, 1.807) is 39.3 Å². The SMILES string of the molecule is C=C(Oc1cc(NC)cc(C(C)(C)C)c1)/C(N)=C(\C)N(N)c1cc(OC)ccc1OC. The first-order valence-electron chi connectivity index (χ1n) is 9.95. The summed E-state index contributed by atoms with van der Waals surface area (Å²) >= 11 is 0. The molecule has 168 valence electrons. The Hall–Kier alpha value is -3.32. The number of hydrogen-bond donors (Lipinski definition) is 3. The molecule has 2 aromatic rings. The molecule has 0 heterocycles. The van der Waals surface area contributed by atoms with Crippen LogP contribution in [0.15, 0.2) is 60.1 Å². The summed E-state index contributed by atoms with van der Waals surface area (Å²) in [6, 6.07) is 11.3. The minimum atomic E-state index is -0.0411. The highest BCUT2D eigenvalue weighted by molar-refractivity contribution is 5.64. The summed E-state index contributed by atoms with van der Waals surface area (Å²) < 4.78 is 16.7. The van der Waals surface area contributed by atoms with E-state index in [0.29, 0.717) is 40.1 Å². The number of hydrogen-bond acceptors (Lipinski definition) is 7. The lowest BCUT2D eigenvalue weighted by molar-refractivity contribution is 0.403. The van der Waals surface area contributed by atoms with Gasteiger partial charge in [-0.05, 0) is 42.2 Å². The van der Waals surface area contributed by atoms with Crippen molar-refractivity contribution in [1.82, 2.24) is 0 Å². The van der Waals surface area contributed by atoms with Crippen molar-refractivity contribution in [2.75, 3.05) is 31.6 Å². The molecule has 7 heteroatoms. The molecule has 2 rings (SSSR count). The lowest BCUT2D eigenvalue weighted by Gasteiger charge is -2.25. The number of rotatable bonds is 8. The molecule has 0 aliphatic rings. The van der Waals surface area contributed by atoms with Gasteiger partial charge in [-0.3, -0.25) is 5.01 Å². The van der Waals surface area contributed by atoms with Gasteiger partial charge in [0.1, 0.15) is 28.7 Å². The molecule has 5 N–H and O–H groups in total. The zero-order valence-electron chi connectivity index (χ0n) is 19.5. The summed E-state index contributed by atoms with van der Waals surface area (Å²) in [4.78, 5) is 0. The first kappa shape index (κ1) is 24.0. The van der Waals surface area contributed by atoms with Crippen LogP contribution in [-0.2, 0) is 5.41 Å². The quantitative estimate of drug-likeness (QED) is 0.247. The largest absolute Gasteiger partial charge is 0.497 e. The van der Waals surface area contributed by atoms with E-state index in [1.807, 2.05) is 19.2 Å². The highest BCUT2D eigenvalue weighted by Crippen LogP contribution is 2.34. The maximum Gasteiger partial charge on any atom is 0.145 e. The van der Waals surface area contributed by atoms with E-state index in [1.165, 1.54) is 5.01 Å². The predicted octanol–water partition coefficient (Wildman–Crippen LogP) is 4.51. The van der Waals surface area contributed by atoms with Crippen LogP contribution in [0, 0.1) is 0 Å². The van der Waals surface area contributed by atoms with Crippen LogP contribution in [0.4, 0.5) is 11.4 Å². The number of methoxy groups -OCH3 is 2. The van der Waals surface area contributed by atoms with E-state index in [2.05, 4.69) is 38.7 Å². The fraction of sp³-hybridized carbons (Fsp3) is 0.333. The van der Waals surface area contributed by atoms with E-state index < -0.39 is 0 Å². The van der Waals surface area contributed by atoms with Crippen molar-refractivity contribution in [1.29, 1.82) is 0 Å². The third-order valence-electron chi connectivity index (χ3n) is 5.00. The van der Waals surface area contributed by atoms with E-state index in [9.17, 15) is 0 Å². The molecule has 0 amide bonds. The Balaban J connectivity index is 2.36. The lowest BCUT2D eigenvalue weighted by Crippen LogP contribution is -2.32. The van der Waals surface area contributed by atoms with Gasteiger partial charge in [0, 0.05) is 24.9 Å². The Morgan fingerprint density at radius 3 is 2.26 bits per heavy atom. The molecule has 0 unspecified atom stereocenters. The van der Waals surface area contributed by atoms with Crippen molar-refractivity contribution in [2.24, 2.45) is 11.6 Å². The van der Waals surface area contributed by atoms with Gasteiger partial charge in [-0.15, -0.1) is 0 Å². The molecule has 0 aliphatic carbocycles. The van der Waals surface area contributed by atoms with Crippen LogP contribution >= 0.6 is 0 Å². The van der Waals surface area contributed by atoms with Gasteiger partial charge >= 0.3 is 0 Å². The number of allylic oxidation sites excluding steroid dienone is 1. The van der Waals surface area contributed by atoms with Gasteiger partial charge < -0.3 is 25.3 Å². The maximum atomic E-state index is 6.35. The Kier molecular flexibility index (Phi) is 7.46. The second kappa shape index (κ2) is 9.66. The highest BCUT2D eigenvalue weighted by atomic mass is 16.5. The minimum Gasteiger partial charge on any atom is -0.497 e. The van der Waals surface area contributed by atoms with Crippen molar-refractivity contribution in [2.45, 2.75) is 33.1 Å². The first-order chi connectivity index (χ1) is 14.5. The van der Waals surface area contributed by atoms with Gasteiger partial charge in [0.15, 0.2) is 0 Å². The zero-order chi connectivity index (χ0) is 23.3. The van der Waals surface area contributed by atoms with Gasteiger partial charge in [-0.2, -0.15) is 0 Å². The molecule has 0 saturated carbocycles. The van der Waals surface area contributed by atoms with Crippen molar-refractivity contribution < 1.29 is 14.2 Å². The summed E-state index contributed by atoms with van der Waals surface area (Å²) in [5, 5.41) is 4.59. The molecular weight excluding hydrogens is 392 g/mol. The Morgan fingerprint density at radius 1 is 1.03 bits per heavy atom. The second-order valence-corrected chi connectivity index (χ2v) is 8.18. The molecule has 0 aromatic heterocycles. The monoisotopic (exact) mass is 426 g/mol. The fourth-order valence-electron chi connectivity index (χ4n) is 2.93. The van der Waals surface area contributed by atoms with Gasteiger partial charge in [0.2, 0.25) is 0 Å². The molecule has 0 fully saturated rings. The summed E-state index contributed by atoms with van der Waals surface area (Å²) in [6.45, 7) is 12.2. The minimum absolute atomic E-state index is 0.0411. The van der Waals surface area contributed by atoms with Crippen LogP contribution in [-0.4, -0.2) is 21.3 Å². The van der Waals surface area contributed by atoms with Gasteiger partial charge in [-0.25, -0.2) is 5.84 Å². The van der Waals surface area contributed by atoms with Crippen LogP contribution in [0.2, 0.25) is 0 Å². The number of nitrogens with two attached hydrogens (primary N) is 2. The molecule has 0 aliphatic heterocycles. The average Bonchev–Trinajstić information content (AvgIpc) is 2.75. The maximum absolute atomic E-state index is 6.35. The van der Waals surface area contributed by atoms with Crippen LogP contribution in [0.25, 0.3) is 0 Å². The molecule has 2 aromatic carbocycles. The smallest absolute Gasteiger partial charge is 0.145 e. The molecule has 7 nitrogen and oxygen atoms in total. The van der Waals surface area contributed by atoms with Crippen LogP contribution in [0.3, 0.4) is 0 Å². The number of ether oxygens (including phenoxy) is 3. The van der Waals surface area contributed by atoms with Crippen molar-refractivity contribution in [3.63, 3.8) is 0 Å². The molecule has 0 radical (unpaired) electrons. The number of anilines is 2. The van der Waals surface area contributed by atoms with Crippen LogP contribution in [0.1, 0.15) is 33.3 Å². The summed E-state index contributed by atoms with van der Waals surface area (Å²) in [7, 11) is 5.03. The number of nitrogens with zero attached hydrogens (tertiary/aromatic N) is 1. The van der Waals surface area contributed by atoms with Gasteiger partial charge in [-0.1, -0.05) is 27.4 Å². The van der Waals surface area contributed by atoms with E-state index in [0.717, 1.165) is 11.3 Å². The fourth-order valence-corrected chi connectivity index (χ4v) is 2.93. The average molecular weight is 427 g/mol. The molecule has 0 bridgehead atoms. The molecule has 0 saturated heterocycles. The normalized spacial score (nSPS) is 12.0. The Labute approximate surface area is 185 Å². The van der Waals surface area contributed by atoms with Crippen molar-refractivity contribution in [3.05, 3.63) is 65.7 Å². The molecular formula is C24H34N4O3. The zero-order valence-corrected chi connectivity index (χ0v) is 19.5. The number of nitrogens with one attached hydrogen (secondary N) is 1. The van der Waals surface area contributed by atoms with Crippen molar-refractivity contribution >= 4 is 11.4 Å². The third-order valence-corrected chi connectivity index (χ3v) is 5.00. The first-order valence-corrected chi connectivity index (χ1v) is 9.95. The highest BCUT2D eigenvalue weighted by Gasteiger charge is 2.18.